The van der Waals surface area contributed by atoms with E-state index in [2.05, 4.69) is 15.3 Å². The molecule has 0 spiro atoms. The van der Waals surface area contributed by atoms with E-state index in [9.17, 15) is 4.79 Å². The van der Waals surface area contributed by atoms with E-state index >= 15 is 0 Å². The maximum absolute atomic E-state index is 12.1. The van der Waals surface area contributed by atoms with Gasteiger partial charge in [-0.25, -0.2) is 4.79 Å². The zero-order valence-corrected chi connectivity index (χ0v) is 15.7. The van der Waals surface area contributed by atoms with Gasteiger partial charge in [0.1, 0.15) is 5.60 Å². The average Bonchev–Trinajstić information content (AvgIpc) is 2.53. The summed E-state index contributed by atoms with van der Waals surface area (Å²) in [6.07, 6.45) is 2.77. The maximum Gasteiger partial charge on any atom is 0.407 e. The van der Waals surface area contributed by atoms with E-state index in [1.165, 1.54) is 0 Å². The van der Waals surface area contributed by atoms with Gasteiger partial charge in [-0.05, 0) is 69.7 Å². The molecule has 0 unspecified atom stereocenters. The van der Waals surface area contributed by atoms with Gasteiger partial charge < -0.3 is 10.1 Å². The Morgan fingerprint density at radius 1 is 1.44 bits per heavy atom. The summed E-state index contributed by atoms with van der Waals surface area (Å²) in [5.74, 6) is 0. The third-order valence-corrected chi connectivity index (χ3v) is 4.77. The van der Waals surface area contributed by atoms with Crippen LogP contribution in [0.15, 0.2) is 29.4 Å². The monoisotopic (exact) mass is 364 g/mol. The lowest BCUT2D eigenvalue weighted by Crippen LogP contribution is -2.45. The molecule has 136 valence electrons. The van der Waals surface area contributed by atoms with Gasteiger partial charge in [0.25, 0.3) is 0 Å². The largest absolute Gasteiger partial charge is 0.444 e. The minimum absolute atomic E-state index is 0.0128. The van der Waals surface area contributed by atoms with E-state index < -0.39 is 11.7 Å². The molecule has 0 saturated heterocycles. The summed E-state index contributed by atoms with van der Waals surface area (Å²) in [7, 11) is 0. The fourth-order valence-electron chi connectivity index (χ4n) is 3.29. The van der Waals surface area contributed by atoms with E-state index in [4.69, 9.17) is 21.9 Å². The topological polar surface area (TPSA) is 87.1 Å². The number of amides is 1. The van der Waals surface area contributed by atoms with Gasteiger partial charge in [-0.15, -0.1) is 0 Å². The van der Waals surface area contributed by atoms with Crippen molar-refractivity contribution < 1.29 is 9.53 Å². The van der Waals surface area contributed by atoms with Crippen LogP contribution in [0, 0.1) is 0 Å². The molecule has 1 aliphatic rings. The van der Waals surface area contributed by atoms with Crippen LogP contribution in [0.25, 0.3) is 10.4 Å². The zero-order chi connectivity index (χ0) is 18.5. The number of azide groups is 1. The zero-order valence-electron chi connectivity index (χ0n) is 15.0. The van der Waals surface area contributed by atoms with Crippen molar-refractivity contribution >= 4 is 17.7 Å². The molecule has 2 rings (SSSR count). The molecule has 6 nitrogen and oxygen atoms in total. The van der Waals surface area contributed by atoms with E-state index in [1.807, 2.05) is 45.0 Å². The number of rotatable bonds is 4. The first-order valence-corrected chi connectivity index (χ1v) is 8.89. The predicted octanol–water partition coefficient (Wildman–Crippen LogP) is 5.36. The Labute approximate surface area is 153 Å². The summed E-state index contributed by atoms with van der Waals surface area (Å²) in [6.45, 7) is 5.98. The second-order valence-corrected chi connectivity index (χ2v) is 8.02. The number of ether oxygens (including phenoxy) is 1. The van der Waals surface area contributed by atoms with Gasteiger partial charge in [-0.1, -0.05) is 28.8 Å². The Balaban J connectivity index is 2.16. The highest BCUT2D eigenvalue weighted by molar-refractivity contribution is 6.30. The van der Waals surface area contributed by atoms with Crippen molar-refractivity contribution in [3.8, 4) is 0 Å². The number of alkyl carbamates (subject to hydrolysis) is 1. The molecular weight excluding hydrogens is 340 g/mol. The molecule has 1 aromatic rings. The van der Waals surface area contributed by atoms with E-state index in [0.717, 1.165) is 31.2 Å². The minimum atomic E-state index is -0.535. The fourth-order valence-corrected chi connectivity index (χ4v) is 3.48. The Kier molecular flexibility index (Phi) is 6.20. The van der Waals surface area contributed by atoms with Crippen molar-refractivity contribution in [3.63, 3.8) is 0 Å². The molecule has 0 aliphatic heterocycles. The molecule has 1 saturated carbocycles. The van der Waals surface area contributed by atoms with Crippen LogP contribution in [0.5, 0.6) is 0 Å². The van der Waals surface area contributed by atoms with Gasteiger partial charge in [0.2, 0.25) is 0 Å². The van der Waals surface area contributed by atoms with Gasteiger partial charge in [-0.2, -0.15) is 0 Å². The van der Waals surface area contributed by atoms with E-state index in [-0.39, 0.29) is 11.5 Å². The number of halogens is 1. The van der Waals surface area contributed by atoms with Crippen molar-refractivity contribution in [2.24, 2.45) is 5.11 Å². The second kappa shape index (κ2) is 7.98. The summed E-state index contributed by atoms with van der Waals surface area (Å²) in [4.78, 5) is 15.0. The number of benzene rings is 1. The van der Waals surface area contributed by atoms with E-state index in [0.29, 0.717) is 11.6 Å². The highest BCUT2D eigenvalue weighted by Crippen LogP contribution is 2.40. The summed E-state index contributed by atoms with van der Waals surface area (Å²) in [6, 6.07) is 7.76. The summed E-state index contributed by atoms with van der Waals surface area (Å²) in [5.41, 5.74) is 8.98. The van der Waals surface area contributed by atoms with Crippen LogP contribution < -0.4 is 5.32 Å². The first-order chi connectivity index (χ1) is 11.7. The molecule has 7 heteroatoms. The predicted molar refractivity (Wildman–Crippen MR) is 98.8 cm³/mol. The lowest BCUT2D eigenvalue weighted by Gasteiger charge is -2.40. The Morgan fingerprint density at radius 2 is 2.12 bits per heavy atom. The second-order valence-electron chi connectivity index (χ2n) is 7.58. The van der Waals surface area contributed by atoms with Crippen LogP contribution in [-0.2, 0) is 10.2 Å². The summed E-state index contributed by atoms with van der Waals surface area (Å²) >= 11 is 6.18. The standard InChI is InChI=1S/C18H25ClN4O2/c1-17(2,3)25-16(24)21-12-18(13-5-4-6-14(19)11-13)9-7-15(8-10-18)22-23-20/h4-6,11,15H,7-10,12H2,1-3H3,(H,21,24). The molecule has 0 aromatic heterocycles. The van der Waals surface area contributed by atoms with Gasteiger partial charge in [0.15, 0.2) is 0 Å². The molecule has 25 heavy (non-hydrogen) atoms. The summed E-state index contributed by atoms with van der Waals surface area (Å²) in [5, 5.41) is 7.43. The molecule has 0 radical (unpaired) electrons. The number of hydrogen-bond donors (Lipinski definition) is 1. The minimum Gasteiger partial charge on any atom is -0.444 e. The van der Waals surface area contributed by atoms with Crippen LogP contribution in [0.4, 0.5) is 4.79 Å². The Morgan fingerprint density at radius 3 is 2.68 bits per heavy atom. The van der Waals surface area contributed by atoms with E-state index in [1.54, 1.807) is 0 Å². The molecule has 0 heterocycles. The normalized spacial score (nSPS) is 23.4. The highest BCUT2D eigenvalue weighted by atomic mass is 35.5. The molecule has 0 atom stereocenters. The molecule has 1 fully saturated rings. The SMILES string of the molecule is CC(C)(C)OC(=O)NCC1(c2cccc(Cl)c2)CCC(N=[N+]=[N-])CC1. The Hall–Kier alpha value is -1.91. The third kappa shape index (κ3) is 5.55. The van der Waals surface area contributed by atoms with Gasteiger partial charge >= 0.3 is 6.09 Å². The lowest BCUT2D eigenvalue weighted by molar-refractivity contribution is 0.0507. The molecule has 1 aromatic carbocycles. The van der Waals surface area contributed by atoms with Crippen LogP contribution >= 0.6 is 11.6 Å². The maximum atomic E-state index is 12.1. The number of carbonyl (C=O) groups is 1. The van der Waals surface area contributed by atoms with Crippen LogP contribution in [0.2, 0.25) is 5.02 Å². The molecule has 1 N–H and O–H groups in total. The number of carbonyl (C=O) groups excluding carboxylic acids is 1. The van der Waals surface area contributed by atoms with Crippen molar-refractivity contribution in [3.05, 3.63) is 45.3 Å². The lowest BCUT2D eigenvalue weighted by atomic mass is 9.68. The molecule has 1 aliphatic carbocycles. The molecular formula is C18H25ClN4O2. The highest BCUT2D eigenvalue weighted by Gasteiger charge is 2.37. The van der Waals surface area contributed by atoms with Crippen molar-refractivity contribution in [2.75, 3.05) is 6.54 Å². The van der Waals surface area contributed by atoms with Crippen molar-refractivity contribution in [1.82, 2.24) is 5.32 Å². The Bertz CT molecular complexity index is 657. The summed E-state index contributed by atoms with van der Waals surface area (Å²) < 4.78 is 5.35. The van der Waals surface area contributed by atoms with Crippen LogP contribution in [0.3, 0.4) is 0 Å². The first kappa shape index (κ1) is 19.4. The van der Waals surface area contributed by atoms with Crippen molar-refractivity contribution in [1.29, 1.82) is 0 Å². The van der Waals surface area contributed by atoms with Gasteiger partial charge in [-0.3, -0.25) is 0 Å². The third-order valence-electron chi connectivity index (χ3n) is 4.53. The van der Waals surface area contributed by atoms with Gasteiger partial charge in [0, 0.05) is 27.9 Å². The number of nitrogens with zero attached hydrogens (tertiary/aromatic N) is 3. The first-order valence-electron chi connectivity index (χ1n) is 8.51. The number of nitrogens with one attached hydrogen (secondary N) is 1. The quantitative estimate of drug-likeness (QED) is 0.443. The number of hydrogen-bond acceptors (Lipinski definition) is 3. The molecule has 1 amide bonds. The molecule has 0 bridgehead atoms. The van der Waals surface area contributed by atoms with Crippen LogP contribution in [0.1, 0.15) is 52.0 Å². The average molecular weight is 365 g/mol. The van der Waals surface area contributed by atoms with Crippen LogP contribution in [-0.4, -0.2) is 24.3 Å². The fraction of sp³-hybridized carbons (Fsp3) is 0.611. The van der Waals surface area contributed by atoms with Crippen molar-refractivity contribution in [2.45, 2.75) is 63.5 Å². The smallest absolute Gasteiger partial charge is 0.407 e. The van der Waals surface area contributed by atoms with Gasteiger partial charge in [0.05, 0.1) is 0 Å².